The van der Waals surface area contributed by atoms with Crippen molar-refractivity contribution in [3.05, 3.63) is 35.4 Å². The summed E-state index contributed by atoms with van der Waals surface area (Å²) in [6, 6.07) is 8.00. The van der Waals surface area contributed by atoms with Crippen LogP contribution in [0.15, 0.2) is 24.3 Å². The molecule has 1 aromatic carbocycles. The minimum Gasteiger partial charge on any atom is -0.483 e. The van der Waals surface area contributed by atoms with Crippen LogP contribution in [0.3, 0.4) is 0 Å². The van der Waals surface area contributed by atoms with Crippen LogP contribution in [0.1, 0.15) is 24.0 Å². The van der Waals surface area contributed by atoms with Crippen LogP contribution in [0.5, 0.6) is 0 Å². The molecule has 4 rings (SSSR count). The van der Waals surface area contributed by atoms with E-state index in [0.29, 0.717) is 45.7 Å². The van der Waals surface area contributed by atoms with E-state index in [1.165, 1.54) is 11.1 Å². The third-order valence-corrected chi connectivity index (χ3v) is 6.12. The second kappa shape index (κ2) is 11.2. The predicted molar refractivity (Wildman–Crippen MR) is 112 cm³/mol. The largest absolute Gasteiger partial charge is 0.483 e. The van der Waals surface area contributed by atoms with Gasteiger partial charge in [0.05, 0.1) is 31.9 Å². The Hall–Kier alpha value is -2.49. The van der Waals surface area contributed by atoms with Gasteiger partial charge in [-0.25, -0.2) is 0 Å². The van der Waals surface area contributed by atoms with Crippen LogP contribution in [0, 0.1) is 5.92 Å². The first-order valence-electron chi connectivity index (χ1n) is 10.7. The van der Waals surface area contributed by atoms with Crippen molar-refractivity contribution in [2.24, 2.45) is 5.92 Å². The highest BCUT2D eigenvalue weighted by Gasteiger charge is 2.39. The summed E-state index contributed by atoms with van der Waals surface area (Å²) >= 11 is 0. The van der Waals surface area contributed by atoms with Gasteiger partial charge in [-0.15, -0.1) is 0 Å². The van der Waals surface area contributed by atoms with Crippen LogP contribution >= 0.6 is 0 Å². The Morgan fingerprint density at radius 2 is 1.81 bits per heavy atom. The summed E-state index contributed by atoms with van der Waals surface area (Å²) in [5.74, 6) is -0.227. The van der Waals surface area contributed by atoms with Crippen LogP contribution in [0.2, 0.25) is 0 Å². The van der Waals surface area contributed by atoms with Crippen LogP contribution in [-0.4, -0.2) is 89.8 Å². The summed E-state index contributed by atoms with van der Waals surface area (Å²) in [6.07, 6.45) is 1.21. The number of rotatable bonds is 4. The molecular formula is C22H31N3O6. The van der Waals surface area contributed by atoms with Crippen LogP contribution in [0.4, 0.5) is 0 Å². The van der Waals surface area contributed by atoms with Gasteiger partial charge in [0.1, 0.15) is 0 Å². The SMILES string of the molecule is O=C(CN1CCc2ccccc2C1)N[C@H]1C[C@H](C(=O)N2CCOCC2)C[C@@H]1O.O=CO. The number of hydrogen-bond acceptors (Lipinski definition) is 6. The lowest BCUT2D eigenvalue weighted by molar-refractivity contribution is -0.139. The predicted octanol–water partition coefficient (Wildman–Crippen LogP) is -0.140. The third kappa shape index (κ3) is 6.25. The van der Waals surface area contributed by atoms with E-state index in [4.69, 9.17) is 14.6 Å². The number of aliphatic hydroxyl groups is 1. The number of carbonyl (C=O) groups excluding carboxylic acids is 2. The van der Waals surface area contributed by atoms with Gasteiger partial charge in [0.25, 0.3) is 6.47 Å². The maximum Gasteiger partial charge on any atom is 0.290 e. The zero-order valence-electron chi connectivity index (χ0n) is 17.6. The van der Waals surface area contributed by atoms with Gasteiger partial charge in [0, 0.05) is 32.1 Å². The molecule has 1 aromatic rings. The number of ether oxygens (including phenoxy) is 1. The topological polar surface area (TPSA) is 119 Å². The highest BCUT2D eigenvalue weighted by Crippen LogP contribution is 2.28. The highest BCUT2D eigenvalue weighted by molar-refractivity contribution is 5.81. The molecule has 3 N–H and O–H groups in total. The van der Waals surface area contributed by atoms with E-state index in [1.54, 1.807) is 0 Å². The summed E-state index contributed by atoms with van der Waals surface area (Å²) in [7, 11) is 0. The number of nitrogens with one attached hydrogen (secondary N) is 1. The van der Waals surface area contributed by atoms with Gasteiger partial charge in [-0.3, -0.25) is 19.3 Å². The molecule has 170 valence electrons. The zero-order chi connectivity index (χ0) is 22.2. The van der Waals surface area contributed by atoms with E-state index >= 15 is 0 Å². The molecular weight excluding hydrogens is 402 g/mol. The van der Waals surface area contributed by atoms with Crippen molar-refractivity contribution < 1.29 is 29.3 Å². The first-order chi connectivity index (χ1) is 15.0. The van der Waals surface area contributed by atoms with E-state index < -0.39 is 6.10 Å². The van der Waals surface area contributed by atoms with Gasteiger partial charge < -0.3 is 25.2 Å². The minimum absolute atomic E-state index is 0.0757. The molecule has 9 heteroatoms. The van der Waals surface area contributed by atoms with Crippen molar-refractivity contribution in [2.75, 3.05) is 39.4 Å². The van der Waals surface area contributed by atoms with Gasteiger partial charge in [-0.1, -0.05) is 24.3 Å². The number of benzene rings is 1. The Labute approximate surface area is 182 Å². The molecule has 2 heterocycles. The smallest absolute Gasteiger partial charge is 0.290 e. The molecule has 1 saturated heterocycles. The number of hydrogen-bond donors (Lipinski definition) is 3. The molecule has 0 unspecified atom stereocenters. The van der Waals surface area contributed by atoms with Gasteiger partial charge >= 0.3 is 0 Å². The molecule has 2 aliphatic heterocycles. The summed E-state index contributed by atoms with van der Waals surface area (Å²) < 4.78 is 5.30. The summed E-state index contributed by atoms with van der Waals surface area (Å²) in [6.45, 7) is 4.06. The molecule has 3 atom stereocenters. The van der Waals surface area contributed by atoms with E-state index in [2.05, 4.69) is 28.4 Å². The number of carbonyl (C=O) groups is 3. The molecule has 9 nitrogen and oxygen atoms in total. The van der Waals surface area contributed by atoms with Crippen LogP contribution < -0.4 is 5.32 Å². The highest BCUT2D eigenvalue weighted by atomic mass is 16.5. The Kier molecular flexibility index (Phi) is 8.39. The fourth-order valence-electron chi connectivity index (χ4n) is 4.56. The Morgan fingerprint density at radius 1 is 1.13 bits per heavy atom. The number of fused-ring (bicyclic) bond motifs is 1. The normalized spacial score (nSPS) is 25.7. The number of carboxylic acid groups (broad SMARTS) is 1. The zero-order valence-corrected chi connectivity index (χ0v) is 17.6. The lowest BCUT2D eigenvalue weighted by atomic mass is 10.00. The molecule has 0 spiro atoms. The molecule has 2 amide bonds. The summed E-state index contributed by atoms with van der Waals surface area (Å²) in [5, 5.41) is 20.2. The molecule has 1 saturated carbocycles. The lowest BCUT2D eigenvalue weighted by Crippen LogP contribution is -2.46. The second-order valence-corrected chi connectivity index (χ2v) is 8.18. The average molecular weight is 434 g/mol. The first kappa shape index (κ1) is 23.2. The van der Waals surface area contributed by atoms with Gasteiger partial charge in [-0.05, 0) is 30.4 Å². The van der Waals surface area contributed by atoms with E-state index in [9.17, 15) is 14.7 Å². The molecule has 2 fully saturated rings. The number of amides is 2. The fourth-order valence-corrected chi connectivity index (χ4v) is 4.56. The van der Waals surface area contributed by atoms with E-state index in [1.807, 2.05) is 11.0 Å². The monoisotopic (exact) mass is 433 g/mol. The second-order valence-electron chi connectivity index (χ2n) is 8.18. The van der Waals surface area contributed by atoms with Crippen molar-refractivity contribution in [3.63, 3.8) is 0 Å². The van der Waals surface area contributed by atoms with E-state index in [-0.39, 0.29) is 30.2 Å². The molecule has 31 heavy (non-hydrogen) atoms. The average Bonchev–Trinajstić information content (AvgIpc) is 3.14. The Morgan fingerprint density at radius 3 is 2.52 bits per heavy atom. The van der Waals surface area contributed by atoms with Crippen molar-refractivity contribution >= 4 is 18.3 Å². The lowest BCUT2D eigenvalue weighted by Gasteiger charge is -2.29. The minimum atomic E-state index is -0.666. The van der Waals surface area contributed by atoms with Crippen molar-refractivity contribution in [3.8, 4) is 0 Å². The van der Waals surface area contributed by atoms with Crippen LogP contribution in [-0.2, 0) is 32.1 Å². The third-order valence-electron chi connectivity index (χ3n) is 6.12. The van der Waals surface area contributed by atoms with Crippen molar-refractivity contribution in [2.45, 2.75) is 38.0 Å². The maximum absolute atomic E-state index is 12.6. The summed E-state index contributed by atoms with van der Waals surface area (Å²) in [5.41, 5.74) is 2.63. The van der Waals surface area contributed by atoms with Crippen molar-refractivity contribution in [1.29, 1.82) is 0 Å². The Bertz CT molecular complexity index is 767. The standard InChI is InChI=1S/C21H29N3O4.CH2O2/c25-19-12-17(21(27)24-7-9-28-10-8-24)11-18(19)22-20(26)14-23-6-5-15-3-1-2-4-16(15)13-23;2-1-3/h1-4,17-19,25H,5-14H2,(H,22,26);1H,(H,2,3)/t17-,18-,19-;/m0./s1. The van der Waals surface area contributed by atoms with E-state index in [0.717, 1.165) is 19.5 Å². The number of aliphatic hydroxyl groups excluding tert-OH is 1. The van der Waals surface area contributed by atoms with Gasteiger partial charge in [0.2, 0.25) is 11.8 Å². The van der Waals surface area contributed by atoms with Crippen molar-refractivity contribution in [1.82, 2.24) is 15.1 Å². The quantitative estimate of drug-likeness (QED) is 0.566. The fraction of sp³-hybridized carbons (Fsp3) is 0.591. The molecule has 1 aliphatic carbocycles. The number of morpholine rings is 1. The molecule has 0 aromatic heterocycles. The molecule has 0 radical (unpaired) electrons. The molecule has 3 aliphatic rings. The van der Waals surface area contributed by atoms with Crippen LogP contribution in [0.25, 0.3) is 0 Å². The van der Waals surface area contributed by atoms with Gasteiger partial charge in [-0.2, -0.15) is 0 Å². The Balaban J connectivity index is 0.000000858. The first-order valence-corrected chi connectivity index (χ1v) is 10.7. The number of nitrogens with zero attached hydrogens (tertiary/aromatic N) is 2. The molecule has 0 bridgehead atoms. The summed E-state index contributed by atoms with van der Waals surface area (Å²) in [4.78, 5) is 37.5. The maximum atomic E-state index is 12.6. The van der Waals surface area contributed by atoms with Gasteiger partial charge in [0.15, 0.2) is 0 Å².